The lowest BCUT2D eigenvalue weighted by Gasteiger charge is -2.23. The van der Waals surface area contributed by atoms with E-state index in [-0.39, 0.29) is 0 Å². The molecule has 0 spiro atoms. The van der Waals surface area contributed by atoms with Crippen LogP contribution in [0.1, 0.15) is 17.4 Å². The zero-order chi connectivity index (χ0) is 12.1. The lowest BCUT2D eigenvalue weighted by atomic mass is 10.1. The fourth-order valence-corrected chi connectivity index (χ4v) is 1.84. The topological polar surface area (TPSA) is 23.5 Å². The van der Waals surface area contributed by atoms with E-state index in [1.807, 2.05) is 60.5 Å². The molecule has 88 valence electrons. The molecule has 0 radical (unpaired) electrons. The van der Waals surface area contributed by atoms with Gasteiger partial charge < -0.3 is 5.11 Å². The maximum absolute atomic E-state index is 10.2. The van der Waals surface area contributed by atoms with E-state index < -0.39 is 6.23 Å². The zero-order valence-corrected chi connectivity index (χ0v) is 9.95. The lowest BCUT2D eigenvalue weighted by Crippen LogP contribution is -2.23. The van der Waals surface area contributed by atoms with Crippen molar-refractivity contribution in [2.75, 3.05) is 7.05 Å². The van der Waals surface area contributed by atoms with Gasteiger partial charge in [0.1, 0.15) is 6.23 Å². The van der Waals surface area contributed by atoms with Crippen LogP contribution in [-0.4, -0.2) is 17.1 Å². The molecule has 0 saturated heterocycles. The van der Waals surface area contributed by atoms with Crippen molar-refractivity contribution in [2.45, 2.75) is 12.8 Å². The van der Waals surface area contributed by atoms with E-state index in [9.17, 15) is 5.11 Å². The van der Waals surface area contributed by atoms with E-state index in [1.54, 1.807) is 0 Å². The van der Waals surface area contributed by atoms with Gasteiger partial charge in [-0.1, -0.05) is 60.7 Å². The molecule has 1 unspecified atom stereocenters. The van der Waals surface area contributed by atoms with Gasteiger partial charge in [-0.2, -0.15) is 0 Å². The molecule has 0 bridgehead atoms. The van der Waals surface area contributed by atoms with Gasteiger partial charge in [0.05, 0.1) is 0 Å². The van der Waals surface area contributed by atoms with Gasteiger partial charge in [-0.15, -0.1) is 0 Å². The monoisotopic (exact) mass is 227 g/mol. The summed E-state index contributed by atoms with van der Waals surface area (Å²) in [5.74, 6) is 0. The van der Waals surface area contributed by atoms with Gasteiger partial charge in [-0.3, -0.25) is 4.90 Å². The average Bonchev–Trinajstić information content (AvgIpc) is 2.40. The Morgan fingerprint density at radius 1 is 0.941 bits per heavy atom. The second-order valence-corrected chi connectivity index (χ2v) is 4.19. The van der Waals surface area contributed by atoms with Crippen LogP contribution in [0.2, 0.25) is 0 Å². The van der Waals surface area contributed by atoms with Crippen LogP contribution < -0.4 is 0 Å². The molecule has 17 heavy (non-hydrogen) atoms. The highest BCUT2D eigenvalue weighted by Crippen LogP contribution is 2.17. The van der Waals surface area contributed by atoms with Crippen molar-refractivity contribution in [2.24, 2.45) is 0 Å². The van der Waals surface area contributed by atoms with Crippen molar-refractivity contribution in [3.8, 4) is 0 Å². The number of rotatable bonds is 4. The van der Waals surface area contributed by atoms with Crippen LogP contribution in [0.4, 0.5) is 0 Å². The van der Waals surface area contributed by atoms with Gasteiger partial charge in [-0.25, -0.2) is 0 Å². The molecule has 0 aliphatic carbocycles. The number of hydrogen-bond donors (Lipinski definition) is 1. The van der Waals surface area contributed by atoms with Crippen LogP contribution in [0.5, 0.6) is 0 Å². The van der Waals surface area contributed by atoms with E-state index in [1.165, 1.54) is 5.56 Å². The molecule has 2 rings (SSSR count). The Kier molecular flexibility index (Phi) is 3.91. The van der Waals surface area contributed by atoms with E-state index >= 15 is 0 Å². The third-order valence-corrected chi connectivity index (χ3v) is 2.79. The first-order valence-corrected chi connectivity index (χ1v) is 5.74. The minimum atomic E-state index is -0.559. The number of aliphatic hydroxyl groups excluding tert-OH is 1. The maximum atomic E-state index is 10.2. The minimum Gasteiger partial charge on any atom is -0.374 e. The predicted octanol–water partition coefficient (Wildman–Crippen LogP) is 2.81. The molecule has 2 nitrogen and oxygen atoms in total. The van der Waals surface area contributed by atoms with E-state index in [2.05, 4.69) is 12.1 Å². The molecule has 2 heteroatoms. The largest absolute Gasteiger partial charge is 0.374 e. The second kappa shape index (κ2) is 5.62. The number of hydrogen-bond acceptors (Lipinski definition) is 2. The molecular weight excluding hydrogens is 210 g/mol. The van der Waals surface area contributed by atoms with Gasteiger partial charge in [0.2, 0.25) is 0 Å². The quantitative estimate of drug-likeness (QED) is 0.812. The fourth-order valence-electron chi connectivity index (χ4n) is 1.84. The summed E-state index contributed by atoms with van der Waals surface area (Å²) < 4.78 is 0. The van der Waals surface area contributed by atoms with Crippen molar-refractivity contribution in [3.05, 3.63) is 71.8 Å². The van der Waals surface area contributed by atoms with Crippen LogP contribution in [0.25, 0.3) is 0 Å². The predicted molar refractivity (Wildman–Crippen MR) is 69.3 cm³/mol. The van der Waals surface area contributed by atoms with Crippen LogP contribution >= 0.6 is 0 Å². The molecule has 0 saturated carbocycles. The van der Waals surface area contributed by atoms with Gasteiger partial charge in [-0.05, 0) is 18.2 Å². The Morgan fingerprint density at radius 2 is 1.47 bits per heavy atom. The fraction of sp³-hybridized carbons (Fsp3) is 0.200. The Bertz CT molecular complexity index is 441. The summed E-state index contributed by atoms with van der Waals surface area (Å²) in [7, 11) is 1.92. The Balaban J connectivity index is 2.03. The first-order valence-electron chi connectivity index (χ1n) is 5.74. The van der Waals surface area contributed by atoms with Crippen molar-refractivity contribution in [1.82, 2.24) is 4.90 Å². The molecule has 0 amide bonds. The number of benzene rings is 2. The highest BCUT2D eigenvalue weighted by atomic mass is 16.3. The van der Waals surface area contributed by atoms with Crippen molar-refractivity contribution in [1.29, 1.82) is 0 Å². The third-order valence-electron chi connectivity index (χ3n) is 2.79. The lowest BCUT2D eigenvalue weighted by molar-refractivity contribution is 0.0152. The van der Waals surface area contributed by atoms with Gasteiger partial charge >= 0.3 is 0 Å². The van der Waals surface area contributed by atoms with Gasteiger partial charge in [0.15, 0.2) is 0 Å². The van der Waals surface area contributed by atoms with Crippen LogP contribution in [0, 0.1) is 0 Å². The SMILES string of the molecule is CN(Cc1ccccc1)C(O)c1ccccc1. The van der Waals surface area contributed by atoms with Crippen molar-refractivity contribution >= 4 is 0 Å². The summed E-state index contributed by atoms with van der Waals surface area (Å²) in [5.41, 5.74) is 2.12. The Labute approximate surface area is 102 Å². The van der Waals surface area contributed by atoms with Gasteiger partial charge in [0.25, 0.3) is 0 Å². The zero-order valence-electron chi connectivity index (χ0n) is 9.95. The number of nitrogens with zero attached hydrogens (tertiary/aromatic N) is 1. The maximum Gasteiger partial charge on any atom is 0.133 e. The van der Waals surface area contributed by atoms with Crippen molar-refractivity contribution < 1.29 is 5.11 Å². The molecule has 2 aromatic rings. The molecule has 1 atom stereocenters. The van der Waals surface area contributed by atoms with Crippen LogP contribution in [0.15, 0.2) is 60.7 Å². The second-order valence-electron chi connectivity index (χ2n) is 4.19. The summed E-state index contributed by atoms with van der Waals surface area (Å²) in [4.78, 5) is 1.92. The van der Waals surface area contributed by atoms with Crippen molar-refractivity contribution in [3.63, 3.8) is 0 Å². The van der Waals surface area contributed by atoms with E-state index in [0.29, 0.717) is 0 Å². The average molecular weight is 227 g/mol. The number of aliphatic hydroxyl groups is 1. The smallest absolute Gasteiger partial charge is 0.133 e. The molecular formula is C15H17NO. The summed E-state index contributed by atoms with van der Waals surface area (Å²) in [5, 5.41) is 10.2. The first kappa shape index (κ1) is 11.8. The molecule has 0 heterocycles. The Hall–Kier alpha value is -1.64. The summed E-state index contributed by atoms with van der Waals surface area (Å²) in [6.07, 6.45) is -0.559. The minimum absolute atomic E-state index is 0.559. The molecule has 2 aromatic carbocycles. The Morgan fingerprint density at radius 3 is 2.06 bits per heavy atom. The molecule has 0 aromatic heterocycles. The molecule has 0 aliphatic rings. The molecule has 1 N–H and O–H groups in total. The summed E-state index contributed by atoms with van der Waals surface area (Å²) in [6.45, 7) is 0.733. The summed E-state index contributed by atoms with van der Waals surface area (Å²) in [6, 6.07) is 19.9. The van der Waals surface area contributed by atoms with E-state index in [0.717, 1.165) is 12.1 Å². The standard InChI is InChI=1S/C15H17NO/c1-16(12-13-8-4-2-5-9-13)15(17)14-10-6-3-7-11-14/h2-11,15,17H,12H2,1H3. The normalized spacial score (nSPS) is 12.6. The third kappa shape index (κ3) is 3.16. The highest BCUT2D eigenvalue weighted by Gasteiger charge is 2.12. The summed E-state index contributed by atoms with van der Waals surface area (Å²) >= 11 is 0. The van der Waals surface area contributed by atoms with Crippen LogP contribution in [0.3, 0.4) is 0 Å². The van der Waals surface area contributed by atoms with Gasteiger partial charge in [0, 0.05) is 6.54 Å². The molecule has 0 fully saturated rings. The van der Waals surface area contributed by atoms with Crippen LogP contribution in [-0.2, 0) is 6.54 Å². The molecule has 0 aliphatic heterocycles. The first-order chi connectivity index (χ1) is 8.27. The van der Waals surface area contributed by atoms with E-state index in [4.69, 9.17) is 0 Å². The highest BCUT2D eigenvalue weighted by molar-refractivity contribution is 5.18.